The van der Waals surface area contributed by atoms with Crippen LogP contribution in [-0.4, -0.2) is 21.2 Å². The van der Waals surface area contributed by atoms with E-state index >= 15 is 0 Å². The number of phenolic OH excluding ortho intramolecular Hbond substituents is 1. The van der Waals surface area contributed by atoms with Gasteiger partial charge in [0.2, 0.25) is 0 Å². The lowest BCUT2D eigenvalue weighted by Crippen LogP contribution is -1.97. The van der Waals surface area contributed by atoms with Crippen LogP contribution in [0.25, 0.3) is 10.8 Å². The molecule has 0 radical (unpaired) electrons. The number of carboxylic acids is 1. The fraction of sp³-hybridized carbons (Fsp3) is 0.125. The van der Waals surface area contributed by atoms with Crippen molar-refractivity contribution in [2.24, 2.45) is 0 Å². The number of hydrogen-bond acceptors (Lipinski definition) is 5. The van der Waals surface area contributed by atoms with Gasteiger partial charge in [0, 0.05) is 16.5 Å². The van der Waals surface area contributed by atoms with Gasteiger partial charge in [-0.2, -0.15) is 0 Å². The molecule has 0 saturated heterocycles. The number of aromatic nitrogens is 1. The number of nitrogens with zero attached hydrogens (tertiary/aromatic N) is 1. The van der Waals surface area contributed by atoms with E-state index in [2.05, 4.69) is 10.3 Å². The summed E-state index contributed by atoms with van der Waals surface area (Å²) in [5.74, 6) is -0.751. The number of carbonyl (C=O) groups is 1. The fourth-order valence-electron chi connectivity index (χ4n) is 2.33. The Morgan fingerprint density at radius 3 is 2.64 bits per heavy atom. The van der Waals surface area contributed by atoms with Gasteiger partial charge in [0.05, 0.1) is 5.69 Å². The predicted octanol–water partition coefficient (Wildman–Crippen LogP) is 4.01. The first kappa shape index (κ1) is 14.3. The van der Waals surface area contributed by atoms with Crippen molar-refractivity contribution in [1.82, 2.24) is 4.98 Å². The minimum Gasteiger partial charge on any atom is -0.507 e. The van der Waals surface area contributed by atoms with E-state index in [1.54, 1.807) is 12.1 Å². The van der Waals surface area contributed by atoms with Crippen molar-refractivity contribution in [2.45, 2.75) is 13.3 Å². The zero-order valence-electron chi connectivity index (χ0n) is 11.8. The van der Waals surface area contributed by atoms with E-state index in [1.807, 2.05) is 31.2 Å². The Hall–Kier alpha value is -2.60. The first-order chi connectivity index (χ1) is 10.6. The molecule has 0 fully saturated rings. The van der Waals surface area contributed by atoms with Gasteiger partial charge in [-0.15, -0.1) is 0 Å². The summed E-state index contributed by atoms with van der Waals surface area (Å²) in [6.07, 6.45) is 0.566. The second-order valence-electron chi connectivity index (χ2n) is 4.76. The van der Waals surface area contributed by atoms with Crippen molar-refractivity contribution in [2.75, 3.05) is 5.32 Å². The maximum absolute atomic E-state index is 11.2. The third-order valence-corrected chi connectivity index (χ3v) is 4.37. The fourth-order valence-corrected chi connectivity index (χ4v) is 3.23. The van der Waals surface area contributed by atoms with Gasteiger partial charge < -0.3 is 15.5 Å². The van der Waals surface area contributed by atoms with Crippen LogP contribution >= 0.6 is 11.3 Å². The summed E-state index contributed by atoms with van der Waals surface area (Å²) < 4.78 is 0. The molecule has 3 rings (SSSR count). The van der Waals surface area contributed by atoms with Gasteiger partial charge in [-0.3, -0.25) is 0 Å². The standard InChI is InChI=1S/C16H14N2O3S/c1-2-11-14(15(20)21)22-16(17-11)18-12-7-3-6-10-9(12)5-4-8-13(10)19/h3-8,19H,2H2,1H3,(H,17,18)(H,20,21). The average molecular weight is 314 g/mol. The number of thiazole rings is 1. The minimum absolute atomic E-state index is 0.209. The van der Waals surface area contributed by atoms with Crippen molar-refractivity contribution in [3.8, 4) is 5.75 Å². The molecule has 0 aliphatic heterocycles. The highest BCUT2D eigenvalue weighted by atomic mass is 32.1. The van der Waals surface area contributed by atoms with Crippen molar-refractivity contribution in [3.05, 3.63) is 47.0 Å². The Balaban J connectivity index is 2.04. The van der Waals surface area contributed by atoms with Crippen LogP contribution in [0.2, 0.25) is 0 Å². The van der Waals surface area contributed by atoms with Crippen LogP contribution in [0.3, 0.4) is 0 Å². The molecule has 0 bridgehead atoms. The molecule has 3 aromatic rings. The average Bonchev–Trinajstić information content (AvgIpc) is 2.92. The highest BCUT2D eigenvalue weighted by molar-refractivity contribution is 7.17. The Labute approximate surface area is 130 Å². The third-order valence-electron chi connectivity index (χ3n) is 3.37. The maximum Gasteiger partial charge on any atom is 0.347 e. The molecule has 0 spiro atoms. The highest BCUT2D eigenvalue weighted by Crippen LogP contribution is 2.33. The zero-order chi connectivity index (χ0) is 15.7. The normalized spacial score (nSPS) is 10.8. The van der Waals surface area contributed by atoms with E-state index in [-0.39, 0.29) is 10.6 Å². The van der Waals surface area contributed by atoms with Crippen LogP contribution in [0.1, 0.15) is 22.3 Å². The monoisotopic (exact) mass is 314 g/mol. The largest absolute Gasteiger partial charge is 0.507 e. The number of carboxylic acid groups (broad SMARTS) is 1. The number of nitrogens with one attached hydrogen (secondary N) is 1. The highest BCUT2D eigenvalue weighted by Gasteiger charge is 2.16. The minimum atomic E-state index is -0.960. The van der Waals surface area contributed by atoms with Crippen molar-refractivity contribution in [1.29, 1.82) is 0 Å². The SMILES string of the molecule is CCc1nc(Nc2cccc3c(O)cccc23)sc1C(=O)O. The molecular formula is C16H14N2O3S. The molecule has 0 saturated carbocycles. The van der Waals surface area contributed by atoms with Gasteiger partial charge in [0.15, 0.2) is 5.13 Å². The van der Waals surface area contributed by atoms with Crippen LogP contribution in [0, 0.1) is 0 Å². The lowest BCUT2D eigenvalue weighted by molar-refractivity contribution is 0.0701. The van der Waals surface area contributed by atoms with Gasteiger partial charge >= 0.3 is 5.97 Å². The molecule has 0 unspecified atom stereocenters. The molecule has 6 heteroatoms. The summed E-state index contributed by atoms with van der Waals surface area (Å²) in [6.45, 7) is 1.88. The lowest BCUT2D eigenvalue weighted by Gasteiger charge is -2.08. The molecule has 5 nitrogen and oxygen atoms in total. The Bertz CT molecular complexity index is 858. The van der Waals surface area contributed by atoms with Crippen LogP contribution in [-0.2, 0) is 6.42 Å². The van der Waals surface area contributed by atoms with E-state index in [0.29, 0.717) is 17.2 Å². The summed E-state index contributed by atoms with van der Waals surface area (Å²) >= 11 is 1.12. The molecule has 0 amide bonds. The molecule has 1 heterocycles. The molecule has 0 aliphatic carbocycles. The van der Waals surface area contributed by atoms with Gasteiger partial charge in [0.1, 0.15) is 10.6 Å². The van der Waals surface area contributed by atoms with Crippen LogP contribution in [0.5, 0.6) is 5.75 Å². The number of benzene rings is 2. The number of aromatic hydroxyl groups is 1. The first-order valence-corrected chi connectivity index (χ1v) is 7.62. The number of aryl methyl sites for hydroxylation is 1. The summed E-state index contributed by atoms with van der Waals surface area (Å²) in [6, 6.07) is 10.8. The summed E-state index contributed by atoms with van der Waals surface area (Å²) in [5.41, 5.74) is 1.35. The second kappa shape index (κ2) is 5.65. The number of anilines is 2. The number of hydrogen-bond donors (Lipinski definition) is 3. The Morgan fingerprint density at radius 2 is 1.95 bits per heavy atom. The van der Waals surface area contributed by atoms with E-state index < -0.39 is 5.97 Å². The summed E-state index contributed by atoms with van der Waals surface area (Å²) in [5, 5.41) is 24.4. The molecule has 0 aliphatic rings. The number of phenols is 1. The summed E-state index contributed by atoms with van der Waals surface area (Å²) in [7, 11) is 0. The predicted molar refractivity (Wildman–Crippen MR) is 87.3 cm³/mol. The van der Waals surface area contributed by atoms with Gasteiger partial charge in [-0.25, -0.2) is 9.78 Å². The molecular weight excluding hydrogens is 300 g/mol. The molecule has 3 N–H and O–H groups in total. The maximum atomic E-state index is 11.2. The Morgan fingerprint density at radius 1 is 1.23 bits per heavy atom. The third kappa shape index (κ3) is 2.48. The van der Waals surface area contributed by atoms with E-state index in [9.17, 15) is 15.0 Å². The molecule has 1 aromatic heterocycles. The van der Waals surface area contributed by atoms with E-state index in [1.165, 1.54) is 0 Å². The van der Waals surface area contributed by atoms with Gasteiger partial charge in [-0.05, 0) is 18.6 Å². The zero-order valence-corrected chi connectivity index (χ0v) is 12.6. The molecule has 112 valence electrons. The van der Waals surface area contributed by atoms with Crippen LogP contribution < -0.4 is 5.32 Å². The van der Waals surface area contributed by atoms with Crippen molar-refractivity contribution < 1.29 is 15.0 Å². The van der Waals surface area contributed by atoms with Gasteiger partial charge in [-0.1, -0.05) is 42.5 Å². The quantitative estimate of drug-likeness (QED) is 0.678. The molecule has 22 heavy (non-hydrogen) atoms. The topological polar surface area (TPSA) is 82.5 Å². The van der Waals surface area contributed by atoms with E-state index in [4.69, 9.17) is 0 Å². The van der Waals surface area contributed by atoms with Crippen molar-refractivity contribution >= 4 is 38.9 Å². The molecule has 2 aromatic carbocycles. The lowest BCUT2D eigenvalue weighted by atomic mass is 10.1. The number of aromatic carboxylic acids is 1. The molecule has 0 atom stereocenters. The van der Waals surface area contributed by atoms with Gasteiger partial charge in [0.25, 0.3) is 0 Å². The Kier molecular flexibility index (Phi) is 3.68. The second-order valence-corrected chi connectivity index (χ2v) is 5.76. The van der Waals surface area contributed by atoms with Crippen molar-refractivity contribution in [3.63, 3.8) is 0 Å². The smallest absolute Gasteiger partial charge is 0.347 e. The summed E-state index contributed by atoms with van der Waals surface area (Å²) in [4.78, 5) is 15.8. The van der Waals surface area contributed by atoms with E-state index in [0.717, 1.165) is 27.8 Å². The number of fused-ring (bicyclic) bond motifs is 1. The van der Waals surface area contributed by atoms with Crippen LogP contribution in [0.15, 0.2) is 36.4 Å². The van der Waals surface area contributed by atoms with Crippen LogP contribution in [0.4, 0.5) is 10.8 Å². The first-order valence-electron chi connectivity index (χ1n) is 6.81. The number of rotatable bonds is 4.